The van der Waals surface area contributed by atoms with Gasteiger partial charge in [-0.15, -0.1) is 0 Å². The molecule has 1 rings (SSSR count). The van der Waals surface area contributed by atoms with Crippen molar-refractivity contribution in [2.75, 3.05) is 6.61 Å². The van der Waals surface area contributed by atoms with Crippen molar-refractivity contribution in [3.8, 4) is 5.75 Å². The number of sulfone groups is 1. The van der Waals surface area contributed by atoms with Crippen LogP contribution in [0.1, 0.15) is 0 Å². The number of carbonyl (C=O) groups excluding carboxylic acids is 1. The van der Waals surface area contributed by atoms with Gasteiger partial charge < -0.3 is 14.6 Å². The van der Waals surface area contributed by atoms with E-state index >= 15 is 0 Å². The van der Waals surface area contributed by atoms with Gasteiger partial charge in [0.05, 0.1) is 5.97 Å². The fourth-order valence-corrected chi connectivity index (χ4v) is 1.90. The van der Waals surface area contributed by atoms with Gasteiger partial charge in [0.2, 0.25) is 9.84 Å². The van der Waals surface area contributed by atoms with E-state index in [1.165, 1.54) is 12.1 Å². The number of rotatable bonds is 5. The van der Waals surface area contributed by atoms with Crippen LogP contribution in [0.2, 0.25) is 0 Å². The molecular formula is C9H7F2O5S-. The molecule has 0 heterocycles. The Bertz CT molecular complexity index is 512. The first kappa shape index (κ1) is 13.4. The molecule has 8 heteroatoms. The molecule has 0 fully saturated rings. The molecule has 0 atom stereocenters. The van der Waals surface area contributed by atoms with Crippen LogP contribution in [0.3, 0.4) is 0 Å². The number of ether oxygens (including phenoxy) is 1. The van der Waals surface area contributed by atoms with Crippen LogP contribution in [0.15, 0.2) is 29.2 Å². The van der Waals surface area contributed by atoms with Crippen molar-refractivity contribution >= 4 is 15.8 Å². The highest BCUT2D eigenvalue weighted by molar-refractivity contribution is 7.91. The third kappa shape index (κ3) is 3.13. The molecule has 1 aromatic carbocycles. The van der Waals surface area contributed by atoms with Crippen LogP contribution in [0.4, 0.5) is 8.78 Å². The lowest BCUT2D eigenvalue weighted by atomic mass is 10.3. The minimum atomic E-state index is -4.83. The lowest BCUT2D eigenvalue weighted by Crippen LogP contribution is -2.29. The molecule has 0 saturated heterocycles. The summed E-state index contributed by atoms with van der Waals surface area (Å²) in [6.45, 7) is -0.921. The Hall–Kier alpha value is -1.70. The smallest absolute Gasteiger partial charge is 0.341 e. The number of aliphatic carboxylic acids is 1. The Labute approximate surface area is 95.6 Å². The van der Waals surface area contributed by atoms with Crippen molar-refractivity contribution < 1.29 is 31.8 Å². The maximum Gasteiger partial charge on any atom is 0.341 e. The number of benzene rings is 1. The molecule has 0 aliphatic rings. The average Bonchev–Trinajstić information content (AvgIpc) is 2.26. The summed E-state index contributed by atoms with van der Waals surface area (Å²) in [7, 11) is -4.83. The summed E-state index contributed by atoms with van der Waals surface area (Å²) < 4.78 is 51.6. The maximum absolute atomic E-state index is 12.3. The number of carboxylic acids is 1. The van der Waals surface area contributed by atoms with Crippen LogP contribution in [0.5, 0.6) is 5.75 Å². The fourth-order valence-electron chi connectivity index (χ4n) is 1.04. The Kier molecular flexibility index (Phi) is 4.00. The van der Waals surface area contributed by atoms with Gasteiger partial charge in [0.15, 0.2) is 0 Å². The predicted octanol–water partition coefficient (Wildman–Crippen LogP) is -0.188. The van der Waals surface area contributed by atoms with E-state index in [0.717, 1.165) is 12.1 Å². The first-order chi connectivity index (χ1) is 7.85. The first-order valence-electron chi connectivity index (χ1n) is 4.29. The topological polar surface area (TPSA) is 83.5 Å². The largest absolute Gasteiger partial charge is 0.546 e. The van der Waals surface area contributed by atoms with Crippen LogP contribution in [0, 0.1) is 0 Å². The maximum atomic E-state index is 12.3. The van der Waals surface area contributed by atoms with E-state index in [9.17, 15) is 27.1 Å². The van der Waals surface area contributed by atoms with Crippen LogP contribution in [0.25, 0.3) is 0 Å². The monoisotopic (exact) mass is 265 g/mol. The Morgan fingerprint density at radius 3 is 2.47 bits per heavy atom. The van der Waals surface area contributed by atoms with E-state index in [2.05, 4.69) is 4.74 Å². The van der Waals surface area contributed by atoms with E-state index in [4.69, 9.17) is 0 Å². The van der Waals surface area contributed by atoms with Gasteiger partial charge in [-0.2, -0.15) is 8.78 Å². The number of carboxylic acid groups (broad SMARTS) is 1. The second-order valence-electron chi connectivity index (χ2n) is 2.91. The predicted molar refractivity (Wildman–Crippen MR) is 50.1 cm³/mol. The highest BCUT2D eigenvalue weighted by Gasteiger charge is 2.29. The second-order valence-corrected chi connectivity index (χ2v) is 4.80. The summed E-state index contributed by atoms with van der Waals surface area (Å²) in [6, 6.07) is 4.54. The quantitative estimate of drug-likeness (QED) is 0.737. The zero-order valence-corrected chi connectivity index (χ0v) is 9.12. The van der Waals surface area contributed by atoms with E-state index in [0.29, 0.717) is 0 Å². The molecular weight excluding hydrogens is 258 g/mol. The summed E-state index contributed by atoms with van der Waals surface area (Å²) in [6.07, 6.45) is 0. The van der Waals surface area contributed by atoms with Gasteiger partial charge in [0.1, 0.15) is 17.3 Å². The molecule has 0 N–H and O–H groups in total. The molecule has 1 aromatic rings. The molecule has 0 bridgehead atoms. The van der Waals surface area contributed by atoms with Crippen LogP contribution in [-0.4, -0.2) is 26.8 Å². The van der Waals surface area contributed by atoms with E-state index in [1.807, 2.05) is 0 Å². The minimum absolute atomic E-state index is 0.447. The molecule has 0 amide bonds. The van der Waals surface area contributed by atoms with E-state index in [-0.39, 0.29) is 0 Å². The molecule has 0 saturated carbocycles. The number of hydrogen-bond donors (Lipinski definition) is 0. The molecule has 0 aromatic heterocycles. The van der Waals surface area contributed by atoms with Gasteiger partial charge in [0, 0.05) is 0 Å². The fraction of sp³-hybridized carbons (Fsp3) is 0.222. The molecule has 94 valence electrons. The molecule has 17 heavy (non-hydrogen) atoms. The van der Waals surface area contributed by atoms with E-state index < -0.39 is 38.8 Å². The molecule has 0 spiro atoms. The molecule has 0 aliphatic carbocycles. The van der Waals surface area contributed by atoms with Crippen LogP contribution >= 0.6 is 0 Å². The van der Waals surface area contributed by atoms with Gasteiger partial charge in [-0.05, 0) is 12.1 Å². The van der Waals surface area contributed by atoms with Gasteiger partial charge in [0.25, 0.3) is 0 Å². The second kappa shape index (κ2) is 5.09. The van der Waals surface area contributed by atoms with Crippen LogP contribution < -0.4 is 9.84 Å². The zero-order valence-electron chi connectivity index (χ0n) is 8.30. The molecule has 5 nitrogen and oxygen atoms in total. The Morgan fingerprint density at radius 2 is 1.94 bits per heavy atom. The highest BCUT2D eigenvalue weighted by atomic mass is 32.2. The standard InChI is InChI=1S/C9H8F2O5S/c10-9(11)17(14,15)7-4-2-1-3-6(7)16-5-8(12)13/h1-4,9H,5H2,(H,12,13)/p-1. The first-order valence-corrected chi connectivity index (χ1v) is 5.84. The van der Waals surface area contributed by atoms with Gasteiger partial charge in [-0.1, -0.05) is 12.1 Å². The van der Waals surface area contributed by atoms with Crippen LogP contribution in [-0.2, 0) is 14.6 Å². The lowest BCUT2D eigenvalue weighted by molar-refractivity contribution is -0.307. The average molecular weight is 265 g/mol. The van der Waals surface area contributed by atoms with Crippen molar-refractivity contribution in [1.29, 1.82) is 0 Å². The lowest BCUT2D eigenvalue weighted by Gasteiger charge is -2.11. The third-order valence-corrected chi connectivity index (χ3v) is 3.16. The Morgan fingerprint density at radius 1 is 1.35 bits per heavy atom. The third-order valence-electron chi connectivity index (χ3n) is 1.74. The number of alkyl halides is 2. The van der Waals surface area contributed by atoms with Crippen molar-refractivity contribution in [3.63, 3.8) is 0 Å². The van der Waals surface area contributed by atoms with Crippen molar-refractivity contribution in [2.24, 2.45) is 0 Å². The summed E-state index contributed by atoms with van der Waals surface area (Å²) in [4.78, 5) is 9.38. The van der Waals surface area contributed by atoms with Crippen molar-refractivity contribution in [3.05, 3.63) is 24.3 Å². The SMILES string of the molecule is O=C([O-])COc1ccccc1S(=O)(=O)C(F)F. The number of para-hydroxylation sites is 1. The number of carbonyl (C=O) groups is 1. The summed E-state index contributed by atoms with van der Waals surface area (Å²) in [5.74, 6) is -5.64. The Balaban J connectivity index is 3.12. The van der Waals surface area contributed by atoms with Gasteiger partial charge in [-0.25, -0.2) is 8.42 Å². The normalized spacial score (nSPS) is 11.5. The number of halogens is 2. The molecule has 0 radical (unpaired) electrons. The minimum Gasteiger partial charge on any atom is -0.546 e. The highest BCUT2D eigenvalue weighted by Crippen LogP contribution is 2.27. The van der Waals surface area contributed by atoms with Gasteiger partial charge in [-0.3, -0.25) is 0 Å². The van der Waals surface area contributed by atoms with Crippen molar-refractivity contribution in [2.45, 2.75) is 10.7 Å². The summed E-state index contributed by atoms with van der Waals surface area (Å²) in [5, 5.41) is 10.1. The summed E-state index contributed by atoms with van der Waals surface area (Å²) >= 11 is 0. The summed E-state index contributed by atoms with van der Waals surface area (Å²) in [5.41, 5.74) is 0. The zero-order chi connectivity index (χ0) is 13.1. The molecule has 0 aliphatic heterocycles. The van der Waals surface area contributed by atoms with Gasteiger partial charge >= 0.3 is 5.76 Å². The van der Waals surface area contributed by atoms with Crippen molar-refractivity contribution in [1.82, 2.24) is 0 Å². The molecule has 0 unspecified atom stereocenters. The van der Waals surface area contributed by atoms with E-state index in [1.54, 1.807) is 0 Å². The number of hydrogen-bond acceptors (Lipinski definition) is 5.